The van der Waals surface area contributed by atoms with E-state index in [2.05, 4.69) is 34.6 Å². The summed E-state index contributed by atoms with van der Waals surface area (Å²) in [6.07, 6.45) is 3.67. The third-order valence-corrected chi connectivity index (χ3v) is 5.15. The van der Waals surface area contributed by atoms with Gasteiger partial charge < -0.3 is 4.74 Å². The maximum absolute atomic E-state index is 5.55. The molecule has 0 aliphatic carbocycles. The van der Waals surface area contributed by atoms with Crippen molar-refractivity contribution < 1.29 is 4.74 Å². The Balaban J connectivity index is 1.93. The standard InChI is InChI=1S/C10H19BrOS/c1-2-3-5-12-6-4-9-7-13-8-10(9)11/h9-10H,2-8H2,1H3. The molecule has 0 saturated carbocycles. The van der Waals surface area contributed by atoms with Crippen LogP contribution in [0.25, 0.3) is 0 Å². The topological polar surface area (TPSA) is 9.23 Å². The van der Waals surface area contributed by atoms with E-state index in [1.807, 2.05) is 0 Å². The van der Waals surface area contributed by atoms with Gasteiger partial charge in [-0.1, -0.05) is 29.3 Å². The maximum Gasteiger partial charge on any atom is 0.0469 e. The first-order chi connectivity index (χ1) is 6.34. The quantitative estimate of drug-likeness (QED) is 0.539. The summed E-state index contributed by atoms with van der Waals surface area (Å²) in [5, 5.41) is 0. The minimum Gasteiger partial charge on any atom is -0.381 e. The molecule has 1 heterocycles. The highest BCUT2D eigenvalue weighted by atomic mass is 79.9. The molecule has 1 nitrogen and oxygen atoms in total. The van der Waals surface area contributed by atoms with Crippen molar-refractivity contribution >= 4 is 27.7 Å². The molecule has 0 aromatic rings. The Morgan fingerprint density at radius 2 is 2.23 bits per heavy atom. The fourth-order valence-corrected chi connectivity index (χ4v) is 4.01. The van der Waals surface area contributed by atoms with E-state index in [-0.39, 0.29) is 0 Å². The molecule has 0 spiro atoms. The van der Waals surface area contributed by atoms with Gasteiger partial charge in [0.1, 0.15) is 0 Å². The lowest BCUT2D eigenvalue weighted by Crippen LogP contribution is -2.14. The molecule has 1 aliphatic rings. The van der Waals surface area contributed by atoms with Gasteiger partial charge in [-0.15, -0.1) is 0 Å². The van der Waals surface area contributed by atoms with Gasteiger partial charge in [-0.3, -0.25) is 0 Å². The highest BCUT2D eigenvalue weighted by Crippen LogP contribution is 2.31. The van der Waals surface area contributed by atoms with Crippen LogP contribution in [0.4, 0.5) is 0 Å². The maximum atomic E-state index is 5.55. The Labute approximate surface area is 94.1 Å². The molecule has 0 radical (unpaired) electrons. The van der Waals surface area contributed by atoms with Crippen LogP contribution in [-0.2, 0) is 4.74 Å². The van der Waals surface area contributed by atoms with Crippen molar-refractivity contribution in [3.05, 3.63) is 0 Å². The molecular weight excluding hydrogens is 248 g/mol. The van der Waals surface area contributed by atoms with E-state index in [9.17, 15) is 0 Å². The number of alkyl halides is 1. The monoisotopic (exact) mass is 266 g/mol. The number of unbranched alkanes of at least 4 members (excludes halogenated alkanes) is 1. The third-order valence-electron chi connectivity index (χ3n) is 2.40. The van der Waals surface area contributed by atoms with E-state index >= 15 is 0 Å². The Kier molecular flexibility index (Phi) is 6.51. The Hall–Kier alpha value is 0.790. The fourth-order valence-electron chi connectivity index (χ4n) is 1.42. The average Bonchev–Trinajstić information content (AvgIpc) is 2.52. The summed E-state index contributed by atoms with van der Waals surface area (Å²) < 4.78 is 5.55. The second-order valence-corrected chi connectivity index (χ2v) is 5.82. The zero-order valence-electron chi connectivity index (χ0n) is 8.30. The predicted octanol–water partition coefficient (Wildman–Crippen LogP) is 3.32. The summed E-state index contributed by atoms with van der Waals surface area (Å²) in [6.45, 7) is 4.10. The first-order valence-corrected chi connectivity index (χ1v) is 7.21. The molecule has 2 unspecified atom stereocenters. The molecule has 13 heavy (non-hydrogen) atoms. The summed E-state index contributed by atoms with van der Waals surface area (Å²) in [6, 6.07) is 0. The molecule has 1 saturated heterocycles. The zero-order valence-corrected chi connectivity index (χ0v) is 10.7. The van der Waals surface area contributed by atoms with Crippen LogP contribution in [0.3, 0.4) is 0 Å². The number of halogens is 1. The Morgan fingerprint density at radius 3 is 2.85 bits per heavy atom. The molecule has 1 fully saturated rings. The fraction of sp³-hybridized carbons (Fsp3) is 1.00. The molecule has 0 amide bonds. The van der Waals surface area contributed by atoms with Gasteiger partial charge in [0.25, 0.3) is 0 Å². The number of hydrogen-bond acceptors (Lipinski definition) is 2. The number of rotatable bonds is 6. The van der Waals surface area contributed by atoms with Crippen LogP contribution < -0.4 is 0 Å². The van der Waals surface area contributed by atoms with Gasteiger partial charge in [0, 0.05) is 23.8 Å². The van der Waals surface area contributed by atoms with Gasteiger partial charge in [-0.2, -0.15) is 11.8 Å². The van der Waals surface area contributed by atoms with Gasteiger partial charge in [0.2, 0.25) is 0 Å². The van der Waals surface area contributed by atoms with Crippen molar-refractivity contribution in [1.82, 2.24) is 0 Å². The van der Waals surface area contributed by atoms with Crippen molar-refractivity contribution in [3.8, 4) is 0 Å². The molecule has 1 aliphatic heterocycles. The van der Waals surface area contributed by atoms with E-state index in [1.165, 1.54) is 30.8 Å². The van der Waals surface area contributed by atoms with Crippen LogP contribution in [0.1, 0.15) is 26.2 Å². The molecule has 2 atom stereocenters. The van der Waals surface area contributed by atoms with Crippen LogP contribution >= 0.6 is 27.7 Å². The molecular formula is C10H19BrOS. The molecule has 3 heteroatoms. The predicted molar refractivity (Wildman–Crippen MR) is 63.9 cm³/mol. The van der Waals surface area contributed by atoms with Gasteiger partial charge >= 0.3 is 0 Å². The normalized spacial score (nSPS) is 28.2. The van der Waals surface area contributed by atoms with Crippen molar-refractivity contribution in [2.45, 2.75) is 31.0 Å². The van der Waals surface area contributed by atoms with E-state index in [1.54, 1.807) is 0 Å². The highest BCUT2D eigenvalue weighted by Gasteiger charge is 2.24. The van der Waals surface area contributed by atoms with Crippen molar-refractivity contribution in [1.29, 1.82) is 0 Å². The summed E-state index contributed by atoms with van der Waals surface area (Å²) in [5.74, 6) is 3.43. The van der Waals surface area contributed by atoms with Crippen LogP contribution in [0, 0.1) is 5.92 Å². The number of ether oxygens (including phenoxy) is 1. The van der Waals surface area contributed by atoms with Crippen LogP contribution in [-0.4, -0.2) is 29.5 Å². The van der Waals surface area contributed by atoms with Gasteiger partial charge in [-0.05, 0) is 24.5 Å². The summed E-state index contributed by atoms with van der Waals surface area (Å²) in [4.78, 5) is 0.729. The molecule has 1 rings (SSSR count). The van der Waals surface area contributed by atoms with Gasteiger partial charge in [0.15, 0.2) is 0 Å². The lowest BCUT2D eigenvalue weighted by Gasteiger charge is -2.12. The van der Waals surface area contributed by atoms with E-state index in [0.29, 0.717) is 0 Å². The van der Waals surface area contributed by atoms with Crippen molar-refractivity contribution in [2.75, 3.05) is 24.7 Å². The van der Waals surface area contributed by atoms with Crippen molar-refractivity contribution in [3.63, 3.8) is 0 Å². The smallest absolute Gasteiger partial charge is 0.0469 e. The Morgan fingerprint density at radius 1 is 1.38 bits per heavy atom. The molecule has 0 bridgehead atoms. The minimum absolute atomic E-state index is 0.729. The largest absolute Gasteiger partial charge is 0.381 e. The van der Waals surface area contributed by atoms with E-state index < -0.39 is 0 Å². The molecule has 78 valence electrons. The number of hydrogen-bond donors (Lipinski definition) is 0. The van der Waals surface area contributed by atoms with Crippen molar-refractivity contribution in [2.24, 2.45) is 5.92 Å². The average molecular weight is 267 g/mol. The molecule has 0 aromatic heterocycles. The van der Waals surface area contributed by atoms with Gasteiger partial charge in [-0.25, -0.2) is 0 Å². The zero-order chi connectivity index (χ0) is 9.52. The summed E-state index contributed by atoms with van der Waals surface area (Å²) in [7, 11) is 0. The van der Waals surface area contributed by atoms with E-state index in [4.69, 9.17) is 4.74 Å². The minimum atomic E-state index is 0.729. The first kappa shape index (κ1) is 11.9. The first-order valence-electron chi connectivity index (χ1n) is 5.14. The van der Waals surface area contributed by atoms with Crippen LogP contribution in [0.15, 0.2) is 0 Å². The lowest BCUT2D eigenvalue weighted by molar-refractivity contribution is 0.120. The summed E-state index contributed by atoms with van der Waals surface area (Å²) in [5.41, 5.74) is 0. The SMILES string of the molecule is CCCCOCCC1CSCC1Br. The van der Waals surface area contributed by atoms with Crippen LogP contribution in [0.5, 0.6) is 0 Å². The van der Waals surface area contributed by atoms with E-state index in [0.717, 1.165) is 24.0 Å². The summed E-state index contributed by atoms with van der Waals surface area (Å²) >= 11 is 5.77. The van der Waals surface area contributed by atoms with Crippen LogP contribution in [0.2, 0.25) is 0 Å². The lowest BCUT2D eigenvalue weighted by atomic mass is 10.1. The highest BCUT2D eigenvalue weighted by molar-refractivity contribution is 9.09. The third kappa shape index (κ3) is 4.71. The Bertz CT molecular complexity index is 132. The second kappa shape index (κ2) is 7.13. The van der Waals surface area contributed by atoms with Gasteiger partial charge in [0.05, 0.1) is 0 Å². The molecule has 0 aromatic carbocycles. The second-order valence-electron chi connectivity index (χ2n) is 3.57. The number of thioether (sulfide) groups is 1. The molecule has 0 N–H and O–H groups in total.